The van der Waals surface area contributed by atoms with Crippen molar-refractivity contribution in [3.8, 4) is 0 Å². The van der Waals surface area contributed by atoms with Gasteiger partial charge in [0.05, 0.1) is 12.0 Å². The first-order valence-corrected chi connectivity index (χ1v) is 4.53. The number of carbonyl (C=O) groups excluding carboxylic acids is 1. The largest absolute Gasteiger partial charge is 0.456 e. The third-order valence-electron chi connectivity index (χ3n) is 4.01. The van der Waals surface area contributed by atoms with E-state index in [9.17, 15) is 9.90 Å². The molecule has 76 valence electrons. The van der Waals surface area contributed by atoms with Crippen molar-refractivity contribution in [3.05, 3.63) is 0 Å². The molecule has 0 aliphatic carbocycles. The van der Waals surface area contributed by atoms with Crippen LogP contribution in [0.5, 0.6) is 0 Å². The average Bonchev–Trinajstić information content (AvgIpc) is 2.12. The van der Waals surface area contributed by atoms with Crippen LogP contribution in [0.25, 0.3) is 0 Å². The highest BCUT2D eigenvalue weighted by molar-refractivity contribution is 5.80. The van der Waals surface area contributed by atoms with Crippen molar-refractivity contribution in [1.29, 1.82) is 0 Å². The summed E-state index contributed by atoms with van der Waals surface area (Å²) in [5.41, 5.74) is -1.65. The second-order valence-electron chi connectivity index (χ2n) is 5.03. The number of ether oxygens (including phenoxy) is 1. The molecule has 1 aliphatic rings. The van der Waals surface area contributed by atoms with Gasteiger partial charge in [-0.3, -0.25) is 4.79 Å². The summed E-state index contributed by atoms with van der Waals surface area (Å²) >= 11 is 0. The van der Waals surface area contributed by atoms with E-state index in [-0.39, 0.29) is 18.0 Å². The zero-order chi connectivity index (χ0) is 10.5. The molecule has 0 aromatic heterocycles. The number of hydrogen-bond donors (Lipinski definition) is 1. The van der Waals surface area contributed by atoms with Crippen LogP contribution in [-0.2, 0) is 9.53 Å². The third-order valence-corrected chi connectivity index (χ3v) is 4.01. The highest BCUT2D eigenvalue weighted by Gasteiger charge is 2.63. The molecule has 0 radical (unpaired) electrons. The first-order valence-electron chi connectivity index (χ1n) is 4.53. The van der Waals surface area contributed by atoms with E-state index in [1.165, 1.54) is 0 Å². The van der Waals surface area contributed by atoms with E-state index < -0.39 is 11.0 Å². The van der Waals surface area contributed by atoms with Gasteiger partial charge in [-0.1, -0.05) is 13.8 Å². The Kier molecular flexibility index (Phi) is 2.00. The van der Waals surface area contributed by atoms with Gasteiger partial charge in [0.25, 0.3) is 0 Å². The van der Waals surface area contributed by atoms with Gasteiger partial charge in [-0.15, -0.1) is 0 Å². The number of aliphatic hydroxyl groups is 1. The molecule has 1 rings (SSSR count). The number of esters is 1. The average molecular weight is 186 g/mol. The predicted molar refractivity (Wildman–Crippen MR) is 49.1 cm³/mol. The van der Waals surface area contributed by atoms with Crippen LogP contribution < -0.4 is 0 Å². The zero-order valence-electron chi connectivity index (χ0n) is 8.97. The summed E-state index contributed by atoms with van der Waals surface area (Å²) in [5.74, 6) is -0.228. The smallest absolute Gasteiger partial charge is 0.312 e. The molecular weight excluding hydrogens is 168 g/mol. The Balaban J connectivity index is 3.19. The van der Waals surface area contributed by atoms with Crippen molar-refractivity contribution in [3.63, 3.8) is 0 Å². The lowest BCUT2D eigenvalue weighted by Crippen LogP contribution is -2.47. The summed E-state index contributed by atoms with van der Waals surface area (Å²) in [6.45, 7) is 9.27. The maximum Gasteiger partial charge on any atom is 0.312 e. The maximum absolute atomic E-state index is 11.6. The number of cyclic esters (lactones) is 1. The first kappa shape index (κ1) is 10.5. The van der Waals surface area contributed by atoms with E-state index in [1.807, 2.05) is 27.7 Å². The highest BCUT2D eigenvalue weighted by Crippen LogP contribution is 2.54. The Morgan fingerprint density at radius 3 is 1.85 bits per heavy atom. The monoisotopic (exact) mass is 186 g/mol. The Morgan fingerprint density at radius 1 is 1.23 bits per heavy atom. The van der Waals surface area contributed by atoms with E-state index >= 15 is 0 Å². The van der Waals surface area contributed by atoms with Crippen molar-refractivity contribution in [2.24, 2.45) is 10.8 Å². The van der Waals surface area contributed by atoms with E-state index in [4.69, 9.17) is 4.74 Å². The predicted octanol–water partition coefficient (Wildman–Crippen LogP) is 1.35. The highest BCUT2D eigenvalue weighted by atomic mass is 16.6. The molecule has 0 aromatic rings. The Hall–Kier alpha value is -0.570. The summed E-state index contributed by atoms with van der Waals surface area (Å²) in [6, 6.07) is 0. The molecular formula is C10H18O3. The van der Waals surface area contributed by atoms with Crippen LogP contribution in [0.1, 0.15) is 34.6 Å². The lowest BCUT2D eigenvalue weighted by atomic mass is 9.62. The first-order chi connectivity index (χ1) is 5.69. The van der Waals surface area contributed by atoms with Gasteiger partial charge in [0.15, 0.2) is 0 Å². The summed E-state index contributed by atoms with van der Waals surface area (Å²) in [5, 5.41) is 9.23. The Bertz CT molecular complexity index is 243. The molecule has 3 heteroatoms. The fourth-order valence-electron chi connectivity index (χ4n) is 1.61. The molecule has 3 nitrogen and oxygen atoms in total. The molecule has 1 unspecified atom stereocenters. The molecule has 13 heavy (non-hydrogen) atoms. The lowest BCUT2D eigenvalue weighted by Gasteiger charge is -2.39. The van der Waals surface area contributed by atoms with Crippen molar-refractivity contribution in [1.82, 2.24) is 0 Å². The number of rotatable bonds is 1. The molecule has 1 atom stereocenters. The Morgan fingerprint density at radius 2 is 1.69 bits per heavy atom. The minimum absolute atomic E-state index is 0.130. The van der Waals surface area contributed by atoms with Crippen LogP contribution in [-0.4, -0.2) is 23.3 Å². The van der Waals surface area contributed by atoms with Crippen LogP contribution in [0, 0.1) is 10.8 Å². The standard InChI is InChI=1S/C10H18O3/c1-8(2)7(12)13-10(5,6-11)9(8,3)4/h11H,6H2,1-5H3. The van der Waals surface area contributed by atoms with Gasteiger partial charge in [-0.25, -0.2) is 0 Å². The number of hydrogen-bond acceptors (Lipinski definition) is 3. The number of carbonyl (C=O) groups is 1. The third kappa shape index (κ3) is 1.03. The lowest BCUT2D eigenvalue weighted by molar-refractivity contribution is -0.155. The number of aliphatic hydroxyl groups excluding tert-OH is 1. The molecule has 0 aromatic carbocycles. The van der Waals surface area contributed by atoms with Gasteiger partial charge in [-0.2, -0.15) is 0 Å². The summed E-state index contributed by atoms with van der Waals surface area (Å²) in [6.07, 6.45) is 0. The normalized spacial score (nSPS) is 36.0. The van der Waals surface area contributed by atoms with E-state index in [2.05, 4.69) is 0 Å². The van der Waals surface area contributed by atoms with Gasteiger partial charge >= 0.3 is 5.97 Å². The van der Waals surface area contributed by atoms with Crippen molar-refractivity contribution in [2.45, 2.75) is 40.2 Å². The van der Waals surface area contributed by atoms with Crippen molar-refractivity contribution in [2.75, 3.05) is 6.61 Å². The molecule has 0 amide bonds. The van der Waals surface area contributed by atoms with Crippen molar-refractivity contribution >= 4 is 5.97 Å². The molecule has 1 saturated heterocycles. The summed E-state index contributed by atoms with van der Waals surface area (Å²) in [7, 11) is 0. The SMILES string of the molecule is CC1(CO)OC(=O)C(C)(C)C1(C)C. The molecule has 1 aliphatic heterocycles. The van der Waals surface area contributed by atoms with Crippen LogP contribution >= 0.6 is 0 Å². The van der Waals surface area contributed by atoms with Crippen LogP contribution in [0.4, 0.5) is 0 Å². The van der Waals surface area contributed by atoms with Crippen LogP contribution in [0.15, 0.2) is 0 Å². The van der Waals surface area contributed by atoms with Crippen molar-refractivity contribution < 1.29 is 14.6 Å². The van der Waals surface area contributed by atoms with Gasteiger partial charge in [0.2, 0.25) is 0 Å². The molecule has 1 heterocycles. The second kappa shape index (κ2) is 2.47. The topological polar surface area (TPSA) is 46.5 Å². The summed E-state index contributed by atoms with van der Waals surface area (Å²) in [4.78, 5) is 11.6. The Labute approximate surface area is 79.1 Å². The minimum Gasteiger partial charge on any atom is -0.456 e. The second-order valence-corrected chi connectivity index (χ2v) is 5.03. The van der Waals surface area contributed by atoms with Gasteiger partial charge < -0.3 is 9.84 Å². The molecule has 0 spiro atoms. The van der Waals surface area contributed by atoms with E-state index in [0.717, 1.165) is 0 Å². The molecule has 0 saturated carbocycles. The maximum atomic E-state index is 11.6. The molecule has 1 N–H and O–H groups in total. The minimum atomic E-state index is -0.756. The van der Waals surface area contributed by atoms with Gasteiger partial charge in [-0.05, 0) is 20.8 Å². The van der Waals surface area contributed by atoms with Gasteiger partial charge in [0.1, 0.15) is 5.60 Å². The summed E-state index contributed by atoms with van der Waals surface area (Å²) < 4.78 is 5.24. The molecule has 0 bridgehead atoms. The zero-order valence-corrected chi connectivity index (χ0v) is 8.97. The van der Waals surface area contributed by atoms with E-state index in [1.54, 1.807) is 6.92 Å². The fourth-order valence-corrected chi connectivity index (χ4v) is 1.61. The molecule has 1 fully saturated rings. The van der Waals surface area contributed by atoms with Crippen LogP contribution in [0.2, 0.25) is 0 Å². The van der Waals surface area contributed by atoms with Crippen LogP contribution in [0.3, 0.4) is 0 Å². The fraction of sp³-hybridized carbons (Fsp3) is 0.900. The quantitative estimate of drug-likeness (QED) is 0.629. The van der Waals surface area contributed by atoms with Gasteiger partial charge in [0, 0.05) is 5.41 Å². The van der Waals surface area contributed by atoms with E-state index in [0.29, 0.717) is 0 Å².